The van der Waals surface area contributed by atoms with Gasteiger partial charge in [0.25, 0.3) is 0 Å². The molecule has 0 aliphatic heterocycles. The lowest BCUT2D eigenvalue weighted by molar-refractivity contribution is -0.0473. The predicted octanol–water partition coefficient (Wildman–Crippen LogP) is 6.97. The molecule has 0 aliphatic rings. The fraction of sp³-hybridized carbons (Fsp3) is 0.739. The van der Waals surface area contributed by atoms with Gasteiger partial charge in [0, 0.05) is 13.1 Å². The van der Waals surface area contributed by atoms with Gasteiger partial charge in [-0.25, -0.2) is 4.21 Å². The van der Waals surface area contributed by atoms with E-state index in [0.717, 1.165) is 36.4 Å². The van der Waals surface area contributed by atoms with Crippen molar-refractivity contribution in [3.8, 4) is 0 Å². The van der Waals surface area contributed by atoms with E-state index < -0.39 is 11.1 Å². The Morgan fingerprint density at radius 3 is 1.85 bits per heavy atom. The van der Waals surface area contributed by atoms with Crippen LogP contribution in [0, 0.1) is 6.92 Å². The maximum absolute atomic E-state index is 12.6. The highest BCUT2D eigenvalue weighted by molar-refractivity contribution is 7.80. The van der Waals surface area contributed by atoms with Crippen LogP contribution in [0.2, 0.25) is 0 Å². The first-order valence-electron chi connectivity index (χ1n) is 11.1. The van der Waals surface area contributed by atoms with Crippen molar-refractivity contribution in [3.05, 3.63) is 29.8 Å². The number of hydrogen-bond donors (Lipinski definition) is 0. The third kappa shape index (κ3) is 12.4. The fourth-order valence-electron chi connectivity index (χ4n) is 3.18. The molecule has 156 valence electrons. The van der Waals surface area contributed by atoms with E-state index in [4.69, 9.17) is 4.28 Å². The second-order valence-corrected chi connectivity index (χ2v) is 8.68. The van der Waals surface area contributed by atoms with E-state index in [1.54, 1.807) is 0 Å². The van der Waals surface area contributed by atoms with Crippen LogP contribution in [-0.4, -0.2) is 22.4 Å². The molecule has 0 spiro atoms. The lowest BCUT2D eigenvalue weighted by Gasteiger charge is -2.20. The number of benzene rings is 1. The summed E-state index contributed by atoms with van der Waals surface area (Å²) in [6.07, 6.45) is 15.1. The Morgan fingerprint density at radius 2 is 1.33 bits per heavy atom. The smallest absolute Gasteiger partial charge is 0.206 e. The molecule has 1 aromatic rings. The van der Waals surface area contributed by atoms with Crippen LogP contribution in [0.25, 0.3) is 0 Å². The van der Waals surface area contributed by atoms with Crippen molar-refractivity contribution in [2.45, 2.75) is 103 Å². The molecule has 0 heterocycles. The van der Waals surface area contributed by atoms with Crippen molar-refractivity contribution in [3.63, 3.8) is 0 Å². The number of aryl methyl sites for hydroxylation is 1. The Kier molecular flexibility index (Phi) is 14.7. The molecule has 0 amide bonds. The Bertz CT molecular complexity index is 491. The maximum atomic E-state index is 12.6. The summed E-state index contributed by atoms with van der Waals surface area (Å²) in [7, 11) is 0. The third-order valence-corrected chi connectivity index (χ3v) is 5.86. The van der Waals surface area contributed by atoms with Gasteiger partial charge in [0.1, 0.15) is 0 Å². The number of nitrogens with zero attached hydrogens (tertiary/aromatic N) is 1. The van der Waals surface area contributed by atoms with Crippen molar-refractivity contribution >= 4 is 11.1 Å². The summed E-state index contributed by atoms with van der Waals surface area (Å²) in [6, 6.07) is 7.80. The summed E-state index contributed by atoms with van der Waals surface area (Å²) < 4.78 is 18.5. The number of unbranched alkanes of at least 4 members (excludes halogenated alkanes) is 10. The Balaban J connectivity index is 2.41. The second kappa shape index (κ2) is 16.3. The SMILES string of the molecule is CCCCCCCCN(CCCCCCCC)OS(=O)c1cccc(C)c1. The Morgan fingerprint density at radius 1 is 0.815 bits per heavy atom. The molecule has 0 aromatic heterocycles. The molecule has 4 heteroatoms. The third-order valence-electron chi connectivity index (χ3n) is 4.88. The van der Waals surface area contributed by atoms with Gasteiger partial charge in [0.15, 0.2) is 0 Å². The molecule has 3 nitrogen and oxygen atoms in total. The van der Waals surface area contributed by atoms with Crippen LogP contribution in [-0.2, 0) is 15.4 Å². The van der Waals surface area contributed by atoms with Crippen molar-refractivity contribution in [1.82, 2.24) is 5.06 Å². The van der Waals surface area contributed by atoms with Gasteiger partial charge in [-0.15, -0.1) is 0 Å². The summed E-state index contributed by atoms with van der Waals surface area (Å²) in [5.41, 5.74) is 1.11. The van der Waals surface area contributed by atoms with Crippen LogP contribution in [0.1, 0.15) is 96.5 Å². The average Bonchev–Trinajstić information content (AvgIpc) is 2.66. The molecule has 0 fully saturated rings. The van der Waals surface area contributed by atoms with Crippen LogP contribution >= 0.6 is 0 Å². The fourth-order valence-corrected chi connectivity index (χ4v) is 4.08. The van der Waals surface area contributed by atoms with Crippen molar-refractivity contribution < 1.29 is 8.49 Å². The van der Waals surface area contributed by atoms with Crippen molar-refractivity contribution in [1.29, 1.82) is 0 Å². The summed E-state index contributed by atoms with van der Waals surface area (Å²) in [4.78, 5) is 0.755. The number of rotatable bonds is 17. The van der Waals surface area contributed by atoms with Crippen molar-refractivity contribution in [2.75, 3.05) is 13.1 Å². The van der Waals surface area contributed by atoms with Gasteiger partial charge < -0.3 is 0 Å². The summed E-state index contributed by atoms with van der Waals surface area (Å²) in [5, 5.41) is 1.96. The second-order valence-electron chi connectivity index (χ2n) is 7.59. The van der Waals surface area contributed by atoms with E-state index in [1.165, 1.54) is 64.2 Å². The summed E-state index contributed by atoms with van der Waals surface area (Å²) >= 11 is -1.42. The zero-order valence-corrected chi connectivity index (χ0v) is 18.7. The van der Waals surface area contributed by atoms with Gasteiger partial charge in [0.2, 0.25) is 11.1 Å². The molecule has 0 radical (unpaired) electrons. The summed E-state index contributed by atoms with van der Waals surface area (Å²) in [6.45, 7) is 8.26. The van der Waals surface area contributed by atoms with Crippen LogP contribution in [0.15, 0.2) is 29.2 Å². The first kappa shape index (κ1) is 24.3. The molecular formula is C23H41NO2S. The monoisotopic (exact) mass is 395 g/mol. The minimum Gasteiger partial charge on any atom is -0.223 e. The van der Waals surface area contributed by atoms with Gasteiger partial charge in [-0.3, -0.25) is 0 Å². The zero-order chi connectivity index (χ0) is 19.7. The predicted molar refractivity (Wildman–Crippen MR) is 117 cm³/mol. The normalized spacial score (nSPS) is 12.6. The average molecular weight is 396 g/mol. The molecule has 27 heavy (non-hydrogen) atoms. The van der Waals surface area contributed by atoms with Gasteiger partial charge in [0.05, 0.1) is 4.90 Å². The van der Waals surface area contributed by atoms with Gasteiger partial charge in [-0.2, -0.15) is 9.35 Å². The first-order valence-corrected chi connectivity index (χ1v) is 12.2. The molecule has 1 atom stereocenters. The highest BCUT2D eigenvalue weighted by Gasteiger charge is 2.12. The van der Waals surface area contributed by atoms with E-state index >= 15 is 0 Å². The number of hydroxylamine groups is 2. The highest BCUT2D eigenvalue weighted by atomic mass is 32.2. The van der Waals surface area contributed by atoms with Crippen LogP contribution in [0.4, 0.5) is 0 Å². The van der Waals surface area contributed by atoms with Gasteiger partial charge in [-0.1, -0.05) is 90.2 Å². The van der Waals surface area contributed by atoms with Crippen LogP contribution in [0.3, 0.4) is 0 Å². The van der Waals surface area contributed by atoms with E-state index in [2.05, 4.69) is 13.8 Å². The molecule has 1 aromatic carbocycles. The molecule has 1 rings (SSSR count). The largest absolute Gasteiger partial charge is 0.223 e. The quantitative estimate of drug-likeness (QED) is 0.211. The minimum absolute atomic E-state index is 0.755. The highest BCUT2D eigenvalue weighted by Crippen LogP contribution is 2.14. The molecule has 0 bridgehead atoms. The molecule has 0 saturated carbocycles. The van der Waals surface area contributed by atoms with Gasteiger partial charge in [-0.05, 0) is 37.5 Å². The van der Waals surface area contributed by atoms with E-state index in [9.17, 15) is 4.21 Å². The molecule has 1 unspecified atom stereocenters. The summed E-state index contributed by atoms with van der Waals surface area (Å²) in [5.74, 6) is 0. The maximum Gasteiger partial charge on any atom is 0.206 e. The zero-order valence-electron chi connectivity index (χ0n) is 17.9. The first-order chi connectivity index (χ1) is 13.2. The number of hydrogen-bond acceptors (Lipinski definition) is 3. The minimum atomic E-state index is -1.42. The molecule has 0 aliphatic carbocycles. The van der Waals surface area contributed by atoms with E-state index in [-0.39, 0.29) is 0 Å². The lowest BCUT2D eigenvalue weighted by atomic mass is 10.1. The van der Waals surface area contributed by atoms with E-state index in [0.29, 0.717) is 0 Å². The molecule has 0 saturated heterocycles. The molecular weight excluding hydrogens is 354 g/mol. The van der Waals surface area contributed by atoms with Gasteiger partial charge >= 0.3 is 0 Å². The topological polar surface area (TPSA) is 29.5 Å². The van der Waals surface area contributed by atoms with Crippen molar-refractivity contribution in [2.24, 2.45) is 0 Å². The standard InChI is InChI=1S/C23H41NO2S/c1-4-6-8-10-12-14-19-24(20-15-13-11-9-7-5-2)26-27(25)23-18-16-17-22(3)21-23/h16-18,21H,4-15,19-20H2,1-3H3. The van der Waals surface area contributed by atoms with Crippen LogP contribution < -0.4 is 0 Å². The molecule has 0 N–H and O–H groups in total. The van der Waals surface area contributed by atoms with E-state index in [1.807, 2.05) is 36.3 Å². The lowest BCUT2D eigenvalue weighted by Crippen LogP contribution is -2.27. The van der Waals surface area contributed by atoms with Crippen LogP contribution in [0.5, 0.6) is 0 Å². The Labute approximate surface area is 170 Å². The Hall–Kier alpha value is -0.710.